The average molecular weight is 374 g/mol. The number of fused-ring (bicyclic) bond motifs is 3. The lowest BCUT2D eigenvalue weighted by Gasteiger charge is -2.28. The van der Waals surface area contributed by atoms with Crippen molar-refractivity contribution in [1.82, 2.24) is 9.78 Å². The molecule has 3 aromatic rings. The molecule has 27 heavy (non-hydrogen) atoms. The largest absolute Gasteiger partial charge is 0.425 e. The molecule has 0 bridgehead atoms. The number of hydrogen-bond donors (Lipinski definition) is 2. The lowest BCUT2D eigenvalue weighted by molar-refractivity contribution is -0.246. The van der Waals surface area contributed by atoms with Crippen LogP contribution in [0, 0.1) is 6.92 Å². The van der Waals surface area contributed by atoms with Crippen molar-refractivity contribution >= 4 is 0 Å². The molecule has 0 radical (unpaired) electrons. The minimum Gasteiger partial charge on any atom is -0.394 e. The summed E-state index contributed by atoms with van der Waals surface area (Å²) in [5.41, 5.74) is -0.860. The Kier molecular flexibility index (Phi) is 3.90. The second-order valence-corrected chi connectivity index (χ2v) is 6.70. The first-order valence-electron chi connectivity index (χ1n) is 8.45. The molecule has 2 aromatic carbocycles. The molecule has 1 aliphatic carbocycles. The second-order valence-electron chi connectivity index (χ2n) is 6.70. The molecule has 1 aromatic heterocycles. The van der Waals surface area contributed by atoms with Crippen molar-refractivity contribution in [3.05, 3.63) is 65.5 Å². The standard InChI is InChI=1S/C20H17F3N2O2/c1-12-8-15(13-10-24-25(11-13)6-7-26)18-14-4-2-3-5-16(14)19(27,17(18)9-12)20(21,22)23/h2-5,8-11,26-27H,6-7H2,1H3. The summed E-state index contributed by atoms with van der Waals surface area (Å²) >= 11 is 0. The minimum atomic E-state index is -4.86. The maximum Gasteiger partial charge on any atom is 0.425 e. The van der Waals surface area contributed by atoms with Gasteiger partial charge in [-0.25, -0.2) is 0 Å². The van der Waals surface area contributed by atoms with E-state index in [0.717, 1.165) is 0 Å². The van der Waals surface area contributed by atoms with Crippen molar-refractivity contribution in [3.63, 3.8) is 0 Å². The number of aliphatic hydroxyl groups excluding tert-OH is 1. The highest BCUT2D eigenvalue weighted by atomic mass is 19.4. The van der Waals surface area contributed by atoms with Crippen LogP contribution in [-0.2, 0) is 12.1 Å². The molecule has 1 atom stereocenters. The minimum absolute atomic E-state index is 0.0935. The molecule has 0 aliphatic heterocycles. The molecule has 1 heterocycles. The van der Waals surface area contributed by atoms with Gasteiger partial charge >= 0.3 is 6.18 Å². The molecule has 0 spiro atoms. The summed E-state index contributed by atoms with van der Waals surface area (Å²) < 4.78 is 43.5. The van der Waals surface area contributed by atoms with Gasteiger partial charge in [-0.05, 0) is 23.6 Å². The van der Waals surface area contributed by atoms with Crippen molar-refractivity contribution in [2.75, 3.05) is 6.61 Å². The van der Waals surface area contributed by atoms with Crippen LogP contribution in [-0.4, -0.2) is 32.8 Å². The van der Waals surface area contributed by atoms with E-state index in [-0.39, 0.29) is 24.3 Å². The van der Waals surface area contributed by atoms with Gasteiger partial charge < -0.3 is 10.2 Å². The van der Waals surface area contributed by atoms with Crippen LogP contribution < -0.4 is 0 Å². The maximum atomic E-state index is 14.0. The van der Waals surface area contributed by atoms with E-state index in [2.05, 4.69) is 5.10 Å². The third-order valence-electron chi connectivity index (χ3n) is 4.94. The highest BCUT2D eigenvalue weighted by molar-refractivity contribution is 5.92. The van der Waals surface area contributed by atoms with Gasteiger partial charge in [-0.2, -0.15) is 18.3 Å². The molecule has 2 N–H and O–H groups in total. The fourth-order valence-electron chi connectivity index (χ4n) is 3.78. The fourth-order valence-corrected chi connectivity index (χ4v) is 3.78. The zero-order valence-electron chi connectivity index (χ0n) is 14.5. The topological polar surface area (TPSA) is 58.3 Å². The average Bonchev–Trinajstić information content (AvgIpc) is 3.17. The summed E-state index contributed by atoms with van der Waals surface area (Å²) in [5.74, 6) is 0. The number of rotatable bonds is 3. The summed E-state index contributed by atoms with van der Waals surface area (Å²) in [4.78, 5) is 0. The lowest BCUT2D eigenvalue weighted by Crippen LogP contribution is -2.41. The number of aryl methyl sites for hydroxylation is 1. The van der Waals surface area contributed by atoms with Gasteiger partial charge in [0.2, 0.25) is 5.60 Å². The van der Waals surface area contributed by atoms with Gasteiger partial charge in [0.15, 0.2) is 0 Å². The van der Waals surface area contributed by atoms with Gasteiger partial charge in [0.25, 0.3) is 0 Å². The molecule has 140 valence electrons. The zero-order chi connectivity index (χ0) is 19.4. The molecular weight excluding hydrogens is 357 g/mol. The second kappa shape index (κ2) is 5.94. The number of halogens is 3. The monoisotopic (exact) mass is 374 g/mol. The van der Waals surface area contributed by atoms with Crippen LogP contribution in [0.15, 0.2) is 48.8 Å². The number of aliphatic hydroxyl groups is 2. The predicted octanol–water partition coefficient (Wildman–Crippen LogP) is 3.63. The highest BCUT2D eigenvalue weighted by Gasteiger charge is 2.61. The summed E-state index contributed by atoms with van der Waals surface area (Å²) in [7, 11) is 0. The van der Waals surface area contributed by atoms with Gasteiger partial charge in [0, 0.05) is 22.9 Å². The fraction of sp³-hybridized carbons (Fsp3) is 0.250. The van der Waals surface area contributed by atoms with Crippen molar-refractivity contribution < 1.29 is 23.4 Å². The Morgan fingerprint density at radius 3 is 2.56 bits per heavy atom. The molecule has 4 nitrogen and oxygen atoms in total. The van der Waals surface area contributed by atoms with E-state index >= 15 is 0 Å². The normalized spacial score (nSPS) is 18.4. The summed E-state index contributed by atoms with van der Waals surface area (Å²) in [5, 5.41) is 24.1. The number of aromatic nitrogens is 2. The Balaban J connectivity index is 2.04. The third-order valence-corrected chi connectivity index (χ3v) is 4.94. The zero-order valence-corrected chi connectivity index (χ0v) is 14.5. The Hall–Kier alpha value is -2.64. The van der Waals surface area contributed by atoms with Crippen molar-refractivity contribution in [3.8, 4) is 22.3 Å². The summed E-state index contributed by atoms with van der Waals surface area (Å²) in [6, 6.07) is 9.24. The summed E-state index contributed by atoms with van der Waals surface area (Å²) in [6.45, 7) is 1.89. The number of benzene rings is 2. The Labute approximate surface area is 153 Å². The Bertz CT molecular complexity index is 1030. The molecule has 0 saturated heterocycles. The van der Waals surface area contributed by atoms with Gasteiger partial charge in [-0.3, -0.25) is 4.68 Å². The lowest BCUT2D eigenvalue weighted by atomic mass is 9.88. The van der Waals surface area contributed by atoms with E-state index in [9.17, 15) is 18.3 Å². The molecule has 1 aliphatic rings. The van der Waals surface area contributed by atoms with E-state index in [1.807, 2.05) is 0 Å². The van der Waals surface area contributed by atoms with E-state index < -0.39 is 11.8 Å². The summed E-state index contributed by atoms with van der Waals surface area (Å²) in [6.07, 6.45) is -1.63. The SMILES string of the molecule is Cc1cc(-c2cnn(CCO)c2)c2c(c1)C(O)(C(F)(F)F)c1ccccc1-2. The molecule has 4 rings (SSSR count). The van der Waals surface area contributed by atoms with Gasteiger partial charge in [0.1, 0.15) is 0 Å². The van der Waals surface area contributed by atoms with Crippen LogP contribution in [0.3, 0.4) is 0 Å². The molecule has 0 amide bonds. The van der Waals surface area contributed by atoms with E-state index in [0.29, 0.717) is 27.8 Å². The van der Waals surface area contributed by atoms with Crippen LogP contribution in [0.1, 0.15) is 16.7 Å². The maximum absolute atomic E-state index is 14.0. The van der Waals surface area contributed by atoms with Crippen molar-refractivity contribution in [1.29, 1.82) is 0 Å². The first kappa shape index (κ1) is 17.8. The molecule has 7 heteroatoms. The Morgan fingerprint density at radius 1 is 1.11 bits per heavy atom. The van der Waals surface area contributed by atoms with Crippen molar-refractivity contribution in [2.45, 2.75) is 25.2 Å². The van der Waals surface area contributed by atoms with Gasteiger partial charge in [-0.1, -0.05) is 42.0 Å². The quantitative estimate of drug-likeness (QED) is 0.736. The van der Waals surface area contributed by atoms with E-state index in [1.54, 1.807) is 37.5 Å². The van der Waals surface area contributed by atoms with Crippen molar-refractivity contribution in [2.24, 2.45) is 0 Å². The first-order valence-corrected chi connectivity index (χ1v) is 8.45. The first-order chi connectivity index (χ1) is 12.8. The Morgan fingerprint density at radius 2 is 1.85 bits per heavy atom. The van der Waals surface area contributed by atoms with Crippen LogP contribution in [0.25, 0.3) is 22.3 Å². The number of nitrogens with zero attached hydrogens (tertiary/aromatic N) is 2. The number of hydrogen-bond acceptors (Lipinski definition) is 3. The van der Waals surface area contributed by atoms with Crippen LogP contribution in [0.4, 0.5) is 13.2 Å². The molecular formula is C20H17F3N2O2. The van der Waals surface area contributed by atoms with E-state index in [1.165, 1.54) is 22.9 Å². The predicted molar refractivity (Wildman–Crippen MR) is 94.0 cm³/mol. The molecule has 0 saturated carbocycles. The van der Waals surface area contributed by atoms with Gasteiger partial charge in [0.05, 0.1) is 19.3 Å². The van der Waals surface area contributed by atoms with Gasteiger partial charge in [-0.15, -0.1) is 0 Å². The number of alkyl halides is 3. The van der Waals surface area contributed by atoms with Crippen LogP contribution in [0.5, 0.6) is 0 Å². The van der Waals surface area contributed by atoms with Crippen LogP contribution >= 0.6 is 0 Å². The highest BCUT2D eigenvalue weighted by Crippen LogP contribution is 2.57. The van der Waals surface area contributed by atoms with Crippen LogP contribution in [0.2, 0.25) is 0 Å². The smallest absolute Gasteiger partial charge is 0.394 e. The van der Waals surface area contributed by atoms with E-state index in [4.69, 9.17) is 5.11 Å². The molecule has 0 fully saturated rings. The molecule has 1 unspecified atom stereocenters. The third kappa shape index (κ3) is 2.49.